The van der Waals surface area contributed by atoms with Gasteiger partial charge >= 0.3 is 0 Å². The highest BCUT2D eigenvalue weighted by Gasteiger charge is 2.39. The van der Waals surface area contributed by atoms with E-state index in [1.54, 1.807) is 19.2 Å². The van der Waals surface area contributed by atoms with Gasteiger partial charge in [-0.3, -0.25) is 25.0 Å². The van der Waals surface area contributed by atoms with Crippen LogP contribution in [0.4, 0.5) is 0 Å². The highest BCUT2D eigenvalue weighted by atomic mass is 16.5. The van der Waals surface area contributed by atoms with Crippen molar-refractivity contribution in [2.75, 3.05) is 46.9 Å². The van der Waals surface area contributed by atoms with Gasteiger partial charge in [0.2, 0.25) is 11.8 Å². The number of carbonyl (C=O) groups excluding carboxylic acids is 3. The number of hydrogen-bond acceptors (Lipinski definition) is 8. The third-order valence-electron chi connectivity index (χ3n) is 8.26. The molecule has 2 unspecified atom stereocenters. The van der Waals surface area contributed by atoms with Crippen molar-refractivity contribution in [2.24, 2.45) is 11.3 Å². The smallest absolute Gasteiger partial charge is 0.251 e. The third-order valence-corrected chi connectivity index (χ3v) is 8.26. The molecule has 44 heavy (non-hydrogen) atoms. The predicted molar refractivity (Wildman–Crippen MR) is 174 cm³/mol. The normalized spacial score (nSPS) is 13.5. The minimum atomic E-state index is -0.955. The van der Waals surface area contributed by atoms with Crippen molar-refractivity contribution < 1.29 is 29.3 Å². The lowest BCUT2D eigenvalue weighted by Crippen LogP contribution is -2.52. The van der Waals surface area contributed by atoms with Crippen molar-refractivity contribution in [1.29, 1.82) is 0 Å². The summed E-state index contributed by atoms with van der Waals surface area (Å²) in [5, 5.41) is 32.1. The number of benzene rings is 1. The molecule has 0 bridgehead atoms. The molecule has 0 fully saturated rings. The lowest BCUT2D eigenvalue weighted by molar-refractivity contribution is -0.149. The van der Waals surface area contributed by atoms with Gasteiger partial charge in [0.25, 0.3) is 5.91 Å². The fraction of sp³-hybridized carbons (Fsp3) is 0.727. The predicted octanol–water partition coefficient (Wildman–Crippen LogP) is 2.85. The van der Waals surface area contributed by atoms with E-state index in [1.165, 1.54) is 11.9 Å². The summed E-state index contributed by atoms with van der Waals surface area (Å²) in [5.74, 6) is -0.189. The maximum atomic E-state index is 13.7. The summed E-state index contributed by atoms with van der Waals surface area (Å²) in [6, 6.07) is 5.39. The van der Waals surface area contributed by atoms with Crippen LogP contribution in [-0.4, -0.2) is 91.5 Å². The molecule has 1 aromatic rings. The van der Waals surface area contributed by atoms with Crippen LogP contribution in [0, 0.1) is 18.3 Å². The van der Waals surface area contributed by atoms with Crippen LogP contribution in [0.2, 0.25) is 0 Å². The average molecular weight is 622 g/mol. The topological polar surface area (TPSA) is 152 Å². The molecule has 0 radical (unpaired) electrons. The summed E-state index contributed by atoms with van der Waals surface area (Å²) in [6.07, 6.45) is 1.26. The number of aliphatic hydroxyl groups is 2. The Morgan fingerprint density at radius 1 is 1.00 bits per heavy atom. The van der Waals surface area contributed by atoms with Crippen molar-refractivity contribution >= 4 is 17.7 Å². The van der Waals surface area contributed by atoms with Crippen LogP contribution in [-0.2, 0) is 14.3 Å². The van der Waals surface area contributed by atoms with Gasteiger partial charge in [0, 0.05) is 25.8 Å². The van der Waals surface area contributed by atoms with Crippen LogP contribution < -0.4 is 21.3 Å². The Bertz CT molecular complexity index is 1040. The van der Waals surface area contributed by atoms with Crippen LogP contribution in [0.5, 0.6) is 0 Å². The second-order valence-corrected chi connectivity index (χ2v) is 12.7. The zero-order valence-electron chi connectivity index (χ0n) is 28.5. The molecule has 2 atom stereocenters. The molecule has 0 aliphatic heterocycles. The number of aryl methyl sites for hydroxylation is 1. The Morgan fingerprint density at radius 2 is 1.66 bits per heavy atom. The fourth-order valence-corrected chi connectivity index (χ4v) is 5.02. The van der Waals surface area contributed by atoms with Gasteiger partial charge in [-0.05, 0) is 95.6 Å². The van der Waals surface area contributed by atoms with Crippen LogP contribution >= 0.6 is 0 Å². The van der Waals surface area contributed by atoms with Crippen LogP contribution in [0.15, 0.2) is 18.2 Å². The molecule has 11 nitrogen and oxygen atoms in total. The van der Waals surface area contributed by atoms with Crippen molar-refractivity contribution in [1.82, 2.24) is 26.2 Å². The summed E-state index contributed by atoms with van der Waals surface area (Å²) < 4.78 is 6.23. The third kappa shape index (κ3) is 13.2. The van der Waals surface area contributed by atoms with Gasteiger partial charge in [0.1, 0.15) is 12.5 Å². The molecule has 0 spiro atoms. The summed E-state index contributed by atoms with van der Waals surface area (Å²) in [4.78, 5) is 40.2. The largest absolute Gasteiger partial charge is 0.377 e. The molecule has 3 amide bonds. The highest BCUT2D eigenvalue weighted by Crippen LogP contribution is 2.34. The molecular weight excluding hydrogens is 562 g/mol. The Kier molecular flexibility index (Phi) is 17.1. The molecule has 0 saturated carbocycles. The van der Waals surface area contributed by atoms with Gasteiger partial charge in [-0.2, -0.15) is 0 Å². The zero-order valence-corrected chi connectivity index (χ0v) is 28.5. The van der Waals surface area contributed by atoms with E-state index in [1.807, 2.05) is 40.7 Å². The number of ether oxygens (including phenoxy) is 1. The number of likely N-dealkylation sites (N-methyl/N-ethyl adjacent to an activating group) is 2. The lowest BCUT2D eigenvalue weighted by atomic mass is 9.78. The molecule has 0 saturated heterocycles. The minimum Gasteiger partial charge on any atom is -0.377 e. The summed E-state index contributed by atoms with van der Waals surface area (Å²) in [6.45, 7) is 15.2. The summed E-state index contributed by atoms with van der Waals surface area (Å²) in [5.41, 5.74) is 0.717. The Balaban J connectivity index is 2.78. The van der Waals surface area contributed by atoms with Gasteiger partial charge < -0.3 is 30.5 Å². The molecule has 0 heterocycles. The second kappa shape index (κ2) is 19.1. The first-order valence-corrected chi connectivity index (χ1v) is 15.9. The van der Waals surface area contributed by atoms with Gasteiger partial charge in [0.05, 0.1) is 24.1 Å². The number of rotatable bonds is 21. The number of hydrogen-bond donors (Lipinski definition) is 6. The summed E-state index contributed by atoms with van der Waals surface area (Å²) >= 11 is 0. The Hall–Kier alpha value is -2.57. The molecular formula is C33H59N5O6. The van der Waals surface area contributed by atoms with E-state index in [-0.39, 0.29) is 30.8 Å². The van der Waals surface area contributed by atoms with E-state index in [2.05, 4.69) is 35.1 Å². The van der Waals surface area contributed by atoms with Gasteiger partial charge in [-0.15, -0.1) is 0 Å². The van der Waals surface area contributed by atoms with Crippen LogP contribution in [0.3, 0.4) is 0 Å². The van der Waals surface area contributed by atoms with Crippen molar-refractivity contribution in [3.8, 4) is 0 Å². The van der Waals surface area contributed by atoms with Crippen LogP contribution in [0.1, 0.15) is 101 Å². The molecule has 252 valence electrons. The van der Waals surface area contributed by atoms with E-state index in [4.69, 9.17) is 4.74 Å². The molecule has 0 aliphatic carbocycles. The zero-order chi connectivity index (χ0) is 33.5. The number of nitrogens with one attached hydrogen (secondary N) is 4. The van der Waals surface area contributed by atoms with Crippen molar-refractivity contribution in [3.05, 3.63) is 34.9 Å². The second-order valence-electron chi connectivity index (χ2n) is 12.7. The Morgan fingerprint density at radius 3 is 2.23 bits per heavy atom. The highest BCUT2D eigenvalue weighted by molar-refractivity contribution is 5.94. The van der Waals surface area contributed by atoms with E-state index in [0.717, 1.165) is 12.0 Å². The molecule has 1 aromatic carbocycles. The standard InChI is InChI=1S/C33H59N5O6/c1-10-33(11-2,31(43)38(21-27(39)34-8)22-28(40)35-9)14-17-44-32(6,7)13-16-37-30(42)26-19-24(5)18-25(20-26)29(41)36-15-12-23(3)4/h18-20,23,27,29,34,36,39,41H,10-17,21-22H2,1-9H3,(H,35,40)(H,37,42). The molecule has 11 heteroatoms. The van der Waals surface area contributed by atoms with Gasteiger partial charge in [-0.1, -0.05) is 33.8 Å². The van der Waals surface area contributed by atoms with Crippen molar-refractivity contribution in [3.63, 3.8) is 0 Å². The number of aliphatic hydroxyl groups excluding tert-OH is 2. The van der Waals surface area contributed by atoms with Crippen molar-refractivity contribution in [2.45, 2.75) is 98.6 Å². The average Bonchev–Trinajstić information content (AvgIpc) is 2.97. The number of nitrogens with zero attached hydrogens (tertiary/aromatic N) is 1. The maximum absolute atomic E-state index is 13.7. The van der Waals surface area contributed by atoms with E-state index >= 15 is 0 Å². The van der Waals surface area contributed by atoms with Crippen LogP contribution in [0.25, 0.3) is 0 Å². The number of carbonyl (C=O) groups is 3. The first kappa shape index (κ1) is 39.5. The Labute approximate surface area is 264 Å². The molecule has 0 aromatic heterocycles. The quantitative estimate of drug-likeness (QED) is 0.115. The maximum Gasteiger partial charge on any atom is 0.251 e. The van der Waals surface area contributed by atoms with Gasteiger partial charge in [0.15, 0.2) is 0 Å². The van der Waals surface area contributed by atoms with E-state index in [9.17, 15) is 24.6 Å². The first-order valence-electron chi connectivity index (χ1n) is 15.9. The van der Waals surface area contributed by atoms with E-state index in [0.29, 0.717) is 62.4 Å². The number of amides is 3. The molecule has 0 aliphatic rings. The SMILES string of the molecule is CCC(CC)(CCOC(C)(C)CCNC(=O)c1cc(C)cc(C(O)NCCC(C)C)c1)C(=O)N(CC(=O)NC)CC(O)NC. The lowest BCUT2D eigenvalue weighted by Gasteiger charge is -2.37. The fourth-order valence-electron chi connectivity index (χ4n) is 5.02. The monoisotopic (exact) mass is 621 g/mol. The molecule has 6 N–H and O–H groups in total. The minimum absolute atomic E-state index is 0.00735. The summed E-state index contributed by atoms with van der Waals surface area (Å²) in [7, 11) is 3.11. The van der Waals surface area contributed by atoms with Gasteiger partial charge in [-0.25, -0.2) is 0 Å². The van der Waals surface area contributed by atoms with E-state index < -0.39 is 23.5 Å². The first-order chi connectivity index (χ1) is 20.6. The molecule has 1 rings (SSSR count).